The van der Waals surface area contributed by atoms with Gasteiger partial charge in [-0.2, -0.15) is 0 Å². The average molecular weight is 1870 g/mol. The normalized spacial score (nSPS) is 10.8. The van der Waals surface area contributed by atoms with Crippen molar-refractivity contribution in [3.63, 3.8) is 0 Å². The topological polar surface area (TPSA) is 0 Å². The van der Waals surface area contributed by atoms with E-state index in [1.54, 1.807) is 0 Å². The Labute approximate surface area is 861 Å². The molecule has 710 valence electrons. The Morgan fingerprint density at radius 2 is 0.310 bits per heavy atom. The lowest BCUT2D eigenvalue weighted by atomic mass is 9.86. The second-order valence-electron chi connectivity index (χ2n) is 39.3. The molecule has 0 aliphatic rings. The molecule has 0 bridgehead atoms. The summed E-state index contributed by atoms with van der Waals surface area (Å²) in [6.45, 7) is 36.7. The number of rotatable bonds is 11. The third-order valence-corrected chi connectivity index (χ3v) is 28.2. The van der Waals surface area contributed by atoms with E-state index >= 15 is 0 Å². The molecule has 145 heavy (non-hydrogen) atoms. The molecule has 0 nitrogen and oxygen atoms in total. The first-order chi connectivity index (χ1) is 70.4. The van der Waals surface area contributed by atoms with Gasteiger partial charge in [-0.1, -0.05) is 512 Å². The van der Waals surface area contributed by atoms with Crippen LogP contribution in [-0.2, 0) is 0 Å². The van der Waals surface area contributed by atoms with Crippen LogP contribution in [0.15, 0.2) is 479 Å². The molecule has 0 saturated carbocycles. The maximum absolute atomic E-state index is 2.34. The lowest BCUT2D eigenvalue weighted by Crippen LogP contribution is -1.90. The van der Waals surface area contributed by atoms with E-state index in [1.165, 1.54) is 271 Å². The van der Waals surface area contributed by atoms with Crippen LogP contribution in [-0.4, -0.2) is 0 Å². The Morgan fingerprint density at radius 3 is 0.676 bits per heavy atom. The van der Waals surface area contributed by atoms with Crippen LogP contribution in [0.4, 0.5) is 0 Å². The summed E-state index contributed by atoms with van der Waals surface area (Å²) in [5.74, 6) is 0. The van der Waals surface area contributed by atoms with E-state index in [9.17, 15) is 0 Å². The van der Waals surface area contributed by atoms with Gasteiger partial charge in [-0.05, 0) is 356 Å². The van der Waals surface area contributed by atoms with E-state index in [0.29, 0.717) is 0 Å². The van der Waals surface area contributed by atoms with Gasteiger partial charge in [-0.15, -0.1) is 0 Å². The third kappa shape index (κ3) is 24.1. The van der Waals surface area contributed by atoms with Crippen molar-refractivity contribution in [3.8, 4) is 122 Å². The van der Waals surface area contributed by atoms with Gasteiger partial charge in [0.1, 0.15) is 0 Å². The first-order valence-corrected chi connectivity index (χ1v) is 50.9. The monoisotopic (exact) mass is 1870 g/mol. The number of hydrogen-bond acceptors (Lipinski definition) is 0. The molecule has 0 aliphatic heterocycles. The SMILES string of the molecule is Cc1cc(C)c(-c2ccccc2)cc1C.Cc1ccc(-c2c3ccccc3c(-c3ccc(C)cc3)c3ccccc23)cc1.Cc1ccc(-c2cc(C)c(-c3ccccc3)cc2C)cc1.Cc1ccc(-c2cc(C)cc(-c3ccccc3)c2)cc1.Cc1ccc(-c2ccc(-c3ccccc3)c3cc(C)c(C)cc23)cc1.Cc1ccc(-c2ccc(C)c3ccccc23)cc1.Cc1ccc(-c2cccc3c(C)cccc23)cc1. The van der Waals surface area contributed by atoms with Crippen molar-refractivity contribution in [1.82, 2.24) is 0 Å². The summed E-state index contributed by atoms with van der Waals surface area (Å²) in [5, 5.41) is 13.2. The van der Waals surface area contributed by atoms with E-state index in [0.717, 1.165) is 0 Å². The van der Waals surface area contributed by atoms with Gasteiger partial charge in [-0.25, -0.2) is 0 Å². The lowest BCUT2D eigenvalue weighted by Gasteiger charge is -2.17. The van der Waals surface area contributed by atoms with Gasteiger partial charge in [-0.3, -0.25) is 0 Å². The molecule has 0 aromatic heterocycles. The summed E-state index contributed by atoms with van der Waals surface area (Å²) >= 11 is 0. The van der Waals surface area contributed by atoms with E-state index < -0.39 is 0 Å². The fourth-order valence-electron chi connectivity index (χ4n) is 19.7. The predicted octanol–water partition coefficient (Wildman–Crippen LogP) is 41.2. The fourth-order valence-corrected chi connectivity index (χ4v) is 19.7. The maximum Gasteiger partial charge on any atom is -0.00264 e. The molecule has 0 radical (unpaired) electrons. The molecule has 0 aliphatic carbocycles. The summed E-state index contributed by atoms with van der Waals surface area (Å²) in [5.41, 5.74) is 51.0. The summed E-state index contributed by atoms with van der Waals surface area (Å²) in [6, 6.07) is 173. The maximum atomic E-state index is 2.34. The number of fused-ring (bicyclic) bond motifs is 5. The minimum absolute atomic E-state index is 1.27. The molecule has 23 aromatic rings. The van der Waals surface area contributed by atoms with Crippen molar-refractivity contribution >= 4 is 53.9 Å². The molecule has 0 saturated heterocycles. The molecule has 0 unspecified atom stereocenters. The Hall–Kier alpha value is -16.6. The number of benzene rings is 23. The van der Waals surface area contributed by atoms with Crippen LogP contribution in [0.25, 0.3) is 176 Å². The van der Waals surface area contributed by atoms with Crippen LogP contribution in [0.3, 0.4) is 0 Å². The zero-order valence-corrected chi connectivity index (χ0v) is 87.1. The summed E-state index contributed by atoms with van der Waals surface area (Å²) < 4.78 is 0. The van der Waals surface area contributed by atoms with Gasteiger partial charge in [0.15, 0.2) is 0 Å². The molecular formula is C145H130. The van der Waals surface area contributed by atoms with Gasteiger partial charge in [0.2, 0.25) is 0 Å². The molecule has 0 fully saturated rings. The zero-order chi connectivity index (χ0) is 101. The first kappa shape index (κ1) is 99.9. The standard InChI is InChI=1S/C28H22.C25H22.C21H20.C20H18.2C18H16.C15H16/c1-19-11-15-21(16-12-19)27-23-7-3-5-9-25(23)28(22-17-13-20(2)14-18-22)26-10-6-4-8-24(26)27;1-17-9-11-21(12-10-17)23-14-13-22(20-7-5-4-6-8-20)24-15-18(2)19(3)16-25(23)24;1-15-9-11-19(12-10-15)21-14-16(2)20(13-17(21)3)18-7-5-4-6-8-18;1-15-8-10-18(11-9-15)20-13-16(2)12-19(14-20)17-6-4-3-5-7-17;1-13-9-11-15(12-10-13)17-7-4-6-16-14(2)5-3-8-18(16)17;1-13-7-10-15(11-8-13)17-12-9-14(2)16-5-3-4-6-18(16)17;1-11-9-13(3)15(10-12(11)2)14-7-5-4-6-8-14/h3-18H,1-2H3;4-16H,1-3H3;4-14H,1-3H3;3-14H,1-2H3;2*3-12H,1-2H3;4-10H,1-3H3. The minimum atomic E-state index is 1.27. The van der Waals surface area contributed by atoms with Gasteiger partial charge >= 0.3 is 0 Å². The van der Waals surface area contributed by atoms with Crippen LogP contribution in [0.2, 0.25) is 0 Å². The fraction of sp³-hybridized carbons (Fsp3) is 0.117. The smallest absolute Gasteiger partial charge is 0.00264 e. The second-order valence-corrected chi connectivity index (χ2v) is 39.3. The molecular weight excluding hydrogens is 1740 g/mol. The molecule has 23 aromatic carbocycles. The highest BCUT2D eigenvalue weighted by atomic mass is 14.2. The Morgan fingerprint density at radius 1 is 0.0897 bits per heavy atom. The van der Waals surface area contributed by atoms with E-state index in [1.807, 2.05) is 0 Å². The van der Waals surface area contributed by atoms with Crippen LogP contribution in [0.1, 0.15) is 94.6 Å². The quantitative estimate of drug-likeness (QED) is 0.113. The number of aryl methyl sites for hydroxylation is 17. The van der Waals surface area contributed by atoms with Crippen molar-refractivity contribution in [2.24, 2.45) is 0 Å². The molecule has 23 rings (SSSR count). The summed E-state index contributed by atoms with van der Waals surface area (Å²) in [7, 11) is 0. The van der Waals surface area contributed by atoms with Crippen molar-refractivity contribution in [1.29, 1.82) is 0 Å². The van der Waals surface area contributed by atoms with Crippen LogP contribution in [0.5, 0.6) is 0 Å². The Balaban J connectivity index is 0.000000117. The van der Waals surface area contributed by atoms with Crippen molar-refractivity contribution < 1.29 is 0 Å². The molecule has 0 N–H and O–H groups in total. The van der Waals surface area contributed by atoms with Crippen LogP contribution >= 0.6 is 0 Å². The van der Waals surface area contributed by atoms with Crippen molar-refractivity contribution in [2.45, 2.75) is 118 Å². The highest BCUT2D eigenvalue weighted by Gasteiger charge is 2.19. The molecule has 0 heteroatoms. The van der Waals surface area contributed by atoms with Gasteiger partial charge in [0.05, 0.1) is 0 Å². The van der Waals surface area contributed by atoms with Crippen molar-refractivity contribution in [3.05, 3.63) is 574 Å². The highest BCUT2D eigenvalue weighted by Crippen LogP contribution is 2.46. The zero-order valence-electron chi connectivity index (χ0n) is 87.1. The van der Waals surface area contributed by atoms with Crippen molar-refractivity contribution in [2.75, 3.05) is 0 Å². The first-order valence-electron chi connectivity index (χ1n) is 50.9. The lowest BCUT2D eigenvalue weighted by molar-refractivity contribution is 1.30. The molecule has 0 heterocycles. The summed E-state index contributed by atoms with van der Waals surface area (Å²) in [4.78, 5) is 0. The predicted molar refractivity (Wildman–Crippen MR) is 633 cm³/mol. The number of hydrogen-bond donors (Lipinski definition) is 0. The van der Waals surface area contributed by atoms with Gasteiger partial charge in [0, 0.05) is 0 Å². The van der Waals surface area contributed by atoms with Gasteiger partial charge < -0.3 is 0 Å². The van der Waals surface area contributed by atoms with E-state index in [2.05, 4.69) is 597 Å². The highest BCUT2D eigenvalue weighted by molar-refractivity contribution is 6.21. The van der Waals surface area contributed by atoms with Gasteiger partial charge in [0.25, 0.3) is 0 Å². The van der Waals surface area contributed by atoms with E-state index in [-0.39, 0.29) is 0 Å². The van der Waals surface area contributed by atoms with Crippen LogP contribution in [0, 0.1) is 118 Å². The molecule has 0 spiro atoms. The minimum Gasteiger partial charge on any atom is -0.0622 e. The van der Waals surface area contributed by atoms with E-state index in [4.69, 9.17) is 0 Å². The summed E-state index contributed by atoms with van der Waals surface area (Å²) in [6.07, 6.45) is 0. The van der Waals surface area contributed by atoms with Crippen LogP contribution < -0.4 is 0 Å². The Bertz CT molecular complexity index is 8160. The molecule has 0 atom stereocenters. The Kier molecular flexibility index (Phi) is 32.0. The third-order valence-electron chi connectivity index (χ3n) is 28.2. The molecule has 0 amide bonds. The second kappa shape index (κ2) is 46.4. The largest absolute Gasteiger partial charge is 0.0622 e. The average Bonchev–Trinajstić information content (AvgIpc) is 0.737.